The quantitative estimate of drug-likeness (QED) is 0.845. The van der Waals surface area contributed by atoms with E-state index in [4.69, 9.17) is 0 Å². The average molecular weight is 233 g/mol. The second kappa shape index (κ2) is 6.18. The van der Waals surface area contributed by atoms with Crippen molar-refractivity contribution in [2.75, 3.05) is 13.1 Å². The summed E-state index contributed by atoms with van der Waals surface area (Å²) in [4.78, 5) is 2.53. The average Bonchev–Trinajstić information content (AvgIpc) is 2.78. The Balaban J connectivity index is 1.92. The molecular formula is C15H23NO. The van der Waals surface area contributed by atoms with Crippen LogP contribution in [0.3, 0.4) is 0 Å². The largest absolute Gasteiger partial charge is 0.388 e. The molecule has 2 nitrogen and oxygen atoms in total. The van der Waals surface area contributed by atoms with E-state index in [9.17, 15) is 5.11 Å². The molecule has 1 aliphatic heterocycles. The molecule has 1 aromatic rings. The molecule has 0 spiro atoms. The molecule has 1 aliphatic rings. The van der Waals surface area contributed by atoms with E-state index in [-0.39, 0.29) is 6.10 Å². The molecule has 1 aromatic carbocycles. The number of nitrogens with zero attached hydrogens (tertiary/aromatic N) is 1. The van der Waals surface area contributed by atoms with Gasteiger partial charge in [0.15, 0.2) is 0 Å². The lowest BCUT2D eigenvalue weighted by Gasteiger charge is -2.26. The Morgan fingerprint density at radius 1 is 1.35 bits per heavy atom. The molecule has 1 fully saturated rings. The molecule has 94 valence electrons. The van der Waals surface area contributed by atoms with Crippen LogP contribution in [0.2, 0.25) is 0 Å². The van der Waals surface area contributed by atoms with Crippen molar-refractivity contribution in [2.24, 2.45) is 0 Å². The van der Waals surface area contributed by atoms with E-state index in [1.807, 2.05) is 30.3 Å². The Hall–Kier alpha value is -0.860. The summed E-state index contributed by atoms with van der Waals surface area (Å²) < 4.78 is 0. The molecule has 2 atom stereocenters. The lowest BCUT2D eigenvalue weighted by molar-refractivity contribution is 0.121. The summed E-state index contributed by atoms with van der Waals surface area (Å²) in [5, 5.41) is 10.2. The summed E-state index contributed by atoms with van der Waals surface area (Å²) in [6.45, 7) is 4.61. The topological polar surface area (TPSA) is 23.5 Å². The van der Waals surface area contributed by atoms with Crippen LogP contribution in [-0.4, -0.2) is 29.1 Å². The molecule has 1 saturated heterocycles. The SMILES string of the molecule is CCCN1CCCC1CC(O)c1ccccc1. The Kier molecular flexibility index (Phi) is 4.57. The van der Waals surface area contributed by atoms with Crippen LogP contribution < -0.4 is 0 Å². The van der Waals surface area contributed by atoms with Gasteiger partial charge in [0.25, 0.3) is 0 Å². The lowest BCUT2D eigenvalue weighted by atomic mass is 10.0. The number of rotatable bonds is 5. The van der Waals surface area contributed by atoms with Crippen LogP contribution in [0, 0.1) is 0 Å². The highest BCUT2D eigenvalue weighted by molar-refractivity contribution is 5.17. The van der Waals surface area contributed by atoms with Crippen LogP contribution in [-0.2, 0) is 0 Å². The van der Waals surface area contributed by atoms with Crippen LogP contribution in [0.25, 0.3) is 0 Å². The monoisotopic (exact) mass is 233 g/mol. The van der Waals surface area contributed by atoms with Gasteiger partial charge in [0.2, 0.25) is 0 Å². The molecular weight excluding hydrogens is 210 g/mol. The third kappa shape index (κ3) is 3.30. The molecule has 2 rings (SSSR count). The Bertz CT molecular complexity index is 325. The van der Waals surface area contributed by atoms with Gasteiger partial charge in [-0.15, -0.1) is 0 Å². The maximum Gasteiger partial charge on any atom is 0.0805 e. The summed E-state index contributed by atoms with van der Waals surface area (Å²) in [7, 11) is 0. The van der Waals surface area contributed by atoms with Gasteiger partial charge in [-0.25, -0.2) is 0 Å². The van der Waals surface area contributed by atoms with Gasteiger partial charge in [-0.3, -0.25) is 0 Å². The fourth-order valence-corrected chi connectivity index (χ4v) is 2.81. The van der Waals surface area contributed by atoms with Gasteiger partial charge in [0.05, 0.1) is 6.10 Å². The van der Waals surface area contributed by atoms with Crippen molar-refractivity contribution >= 4 is 0 Å². The minimum absolute atomic E-state index is 0.307. The van der Waals surface area contributed by atoms with Crippen molar-refractivity contribution in [3.8, 4) is 0 Å². The van der Waals surface area contributed by atoms with Crippen LogP contribution >= 0.6 is 0 Å². The van der Waals surface area contributed by atoms with E-state index in [2.05, 4.69) is 11.8 Å². The maximum absolute atomic E-state index is 10.2. The van der Waals surface area contributed by atoms with Gasteiger partial charge >= 0.3 is 0 Å². The molecule has 1 N–H and O–H groups in total. The van der Waals surface area contributed by atoms with Crippen molar-refractivity contribution in [1.29, 1.82) is 0 Å². The standard InChI is InChI=1S/C15H23NO/c1-2-10-16-11-6-9-14(16)12-15(17)13-7-4-3-5-8-13/h3-5,7-8,14-15,17H,2,6,9-12H2,1H3. The van der Waals surface area contributed by atoms with Gasteiger partial charge in [-0.2, -0.15) is 0 Å². The zero-order chi connectivity index (χ0) is 12.1. The zero-order valence-electron chi connectivity index (χ0n) is 10.7. The van der Waals surface area contributed by atoms with E-state index >= 15 is 0 Å². The summed E-state index contributed by atoms with van der Waals surface area (Å²) >= 11 is 0. The third-order valence-corrected chi connectivity index (χ3v) is 3.69. The van der Waals surface area contributed by atoms with E-state index in [1.54, 1.807) is 0 Å². The summed E-state index contributed by atoms with van der Waals surface area (Å²) in [5.41, 5.74) is 1.05. The van der Waals surface area contributed by atoms with Crippen molar-refractivity contribution in [1.82, 2.24) is 4.90 Å². The molecule has 17 heavy (non-hydrogen) atoms. The molecule has 2 heteroatoms. The van der Waals surface area contributed by atoms with Crippen molar-refractivity contribution in [2.45, 2.75) is 44.8 Å². The second-order valence-electron chi connectivity index (χ2n) is 4.99. The molecule has 0 bridgehead atoms. The van der Waals surface area contributed by atoms with Crippen molar-refractivity contribution in [3.63, 3.8) is 0 Å². The highest BCUT2D eigenvalue weighted by Crippen LogP contribution is 2.27. The van der Waals surface area contributed by atoms with Crippen molar-refractivity contribution in [3.05, 3.63) is 35.9 Å². The fraction of sp³-hybridized carbons (Fsp3) is 0.600. The number of hydrogen-bond donors (Lipinski definition) is 1. The molecule has 0 amide bonds. The minimum atomic E-state index is -0.307. The molecule has 0 saturated carbocycles. The van der Waals surface area contributed by atoms with Gasteiger partial charge in [-0.05, 0) is 44.3 Å². The number of aliphatic hydroxyl groups excluding tert-OH is 1. The highest BCUT2D eigenvalue weighted by Gasteiger charge is 2.26. The van der Waals surface area contributed by atoms with Crippen molar-refractivity contribution < 1.29 is 5.11 Å². The number of hydrogen-bond acceptors (Lipinski definition) is 2. The number of benzene rings is 1. The van der Waals surface area contributed by atoms with Crippen LogP contribution in [0.4, 0.5) is 0 Å². The summed E-state index contributed by atoms with van der Waals surface area (Å²) in [6.07, 6.45) is 4.30. The van der Waals surface area contributed by atoms with E-state index in [0.29, 0.717) is 6.04 Å². The normalized spacial score (nSPS) is 22.8. The Morgan fingerprint density at radius 3 is 2.82 bits per heavy atom. The zero-order valence-corrected chi connectivity index (χ0v) is 10.7. The van der Waals surface area contributed by atoms with Gasteiger partial charge in [0.1, 0.15) is 0 Å². The number of likely N-dealkylation sites (tertiary alicyclic amines) is 1. The third-order valence-electron chi connectivity index (χ3n) is 3.69. The second-order valence-corrected chi connectivity index (χ2v) is 4.99. The van der Waals surface area contributed by atoms with Gasteiger partial charge in [0, 0.05) is 6.04 Å². The van der Waals surface area contributed by atoms with Crippen LogP contribution in [0.5, 0.6) is 0 Å². The van der Waals surface area contributed by atoms with Gasteiger partial charge in [-0.1, -0.05) is 37.3 Å². The first-order valence-corrected chi connectivity index (χ1v) is 6.78. The predicted molar refractivity (Wildman–Crippen MR) is 70.9 cm³/mol. The first-order chi connectivity index (χ1) is 8.31. The van der Waals surface area contributed by atoms with E-state index in [1.165, 1.54) is 32.4 Å². The molecule has 1 heterocycles. The lowest BCUT2D eigenvalue weighted by Crippen LogP contribution is -2.31. The van der Waals surface area contributed by atoms with E-state index < -0.39 is 0 Å². The Labute approximate surface area is 104 Å². The highest BCUT2D eigenvalue weighted by atomic mass is 16.3. The molecule has 0 aromatic heterocycles. The minimum Gasteiger partial charge on any atom is -0.388 e. The summed E-state index contributed by atoms with van der Waals surface area (Å²) in [6, 6.07) is 10.6. The Morgan fingerprint density at radius 2 is 2.12 bits per heavy atom. The van der Waals surface area contributed by atoms with Gasteiger partial charge < -0.3 is 10.0 Å². The number of aliphatic hydroxyl groups is 1. The van der Waals surface area contributed by atoms with Crippen LogP contribution in [0.1, 0.15) is 44.3 Å². The first kappa shape index (κ1) is 12.6. The molecule has 0 radical (unpaired) electrons. The smallest absolute Gasteiger partial charge is 0.0805 e. The van der Waals surface area contributed by atoms with E-state index in [0.717, 1.165) is 12.0 Å². The maximum atomic E-state index is 10.2. The predicted octanol–water partition coefficient (Wildman–Crippen LogP) is 2.98. The fourth-order valence-electron chi connectivity index (χ4n) is 2.81. The first-order valence-electron chi connectivity index (χ1n) is 6.78. The molecule has 2 unspecified atom stereocenters. The molecule has 0 aliphatic carbocycles. The van der Waals surface area contributed by atoms with Crippen LogP contribution in [0.15, 0.2) is 30.3 Å². The summed E-state index contributed by atoms with van der Waals surface area (Å²) in [5.74, 6) is 0.